The van der Waals surface area contributed by atoms with Crippen molar-refractivity contribution in [1.29, 1.82) is 0 Å². The first-order chi connectivity index (χ1) is 6.74. The largest absolute Gasteiger partial charge is 0.396 e. The monoisotopic (exact) mass is 257 g/mol. The van der Waals surface area contributed by atoms with Gasteiger partial charge >= 0.3 is 0 Å². The molecule has 0 unspecified atom stereocenters. The molecular formula is C7H15NO5S2. The number of nitrogens with zero attached hydrogens (tertiary/aromatic N) is 1. The van der Waals surface area contributed by atoms with Gasteiger partial charge in [-0.2, -0.15) is 0 Å². The molecule has 0 aromatic carbocycles. The molecule has 0 aromatic heterocycles. The molecule has 8 heteroatoms. The van der Waals surface area contributed by atoms with Crippen molar-refractivity contribution in [2.75, 3.05) is 37.5 Å². The maximum Gasteiger partial charge on any atom is 0.215 e. The van der Waals surface area contributed by atoms with Gasteiger partial charge in [0.05, 0.1) is 11.5 Å². The lowest BCUT2D eigenvalue weighted by atomic mass is 10.1. The van der Waals surface area contributed by atoms with Gasteiger partial charge in [0.1, 0.15) is 9.84 Å². The van der Waals surface area contributed by atoms with Crippen LogP contribution in [-0.2, 0) is 19.9 Å². The van der Waals surface area contributed by atoms with E-state index in [1.54, 1.807) is 0 Å². The Morgan fingerprint density at radius 2 is 1.73 bits per heavy atom. The molecule has 0 radical (unpaired) electrons. The van der Waals surface area contributed by atoms with Crippen molar-refractivity contribution in [3.8, 4) is 0 Å². The minimum Gasteiger partial charge on any atom is -0.396 e. The Morgan fingerprint density at radius 1 is 1.20 bits per heavy atom. The van der Waals surface area contributed by atoms with Crippen LogP contribution in [0.4, 0.5) is 0 Å². The van der Waals surface area contributed by atoms with E-state index in [4.69, 9.17) is 5.11 Å². The summed E-state index contributed by atoms with van der Waals surface area (Å²) in [5.41, 5.74) is 0. The SMILES string of the molecule is CS(=O)(=O)CCS(=O)(=O)N1CC(CO)C1. The summed E-state index contributed by atoms with van der Waals surface area (Å²) in [5.74, 6) is -0.724. The Balaban J connectivity index is 2.48. The van der Waals surface area contributed by atoms with Gasteiger partial charge in [0.25, 0.3) is 0 Å². The first kappa shape index (κ1) is 12.9. The number of aliphatic hydroxyl groups excluding tert-OH is 1. The minimum atomic E-state index is -3.46. The molecule has 0 spiro atoms. The quantitative estimate of drug-likeness (QED) is 0.633. The molecule has 1 heterocycles. The highest BCUT2D eigenvalue weighted by Crippen LogP contribution is 2.19. The Kier molecular flexibility index (Phi) is 3.75. The van der Waals surface area contributed by atoms with Crippen LogP contribution in [0.3, 0.4) is 0 Å². The highest BCUT2D eigenvalue weighted by Gasteiger charge is 2.35. The van der Waals surface area contributed by atoms with E-state index in [9.17, 15) is 16.8 Å². The van der Waals surface area contributed by atoms with Crippen molar-refractivity contribution in [3.63, 3.8) is 0 Å². The van der Waals surface area contributed by atoms with Crippen molar-refractivity contribution in [1.82, 2.24) is 4.31 Å². The third kappa shape index (κ3) is 3.71. The van der Waals surface area contributed by atoms with Crippen LogP contribution < -0.4 is 0 Å². The first-order valence-electron chi connectivity index (χ1n) is 4.51. The lowest BCUT2D eigenvalue weighted by Gasteiger charge is -2.36. The number of aliphatic hydroxyl groups is 1. The third-order valence-electron chi connectivity index (χ3n) is 2.29. The van der Waals surface area contributed by atoms with E-state index < -0.39 is 19.9 Å². The molecule has 1 aliphatic rings. The number of hydrogen-bond donors (Lipinski definition) is 1. The van der Waals surface area contributed by atoms with E-state index in [-0.39, 0.29) is 24.0 Å². The molecule has 1 saturated heterocycles. The molecule has 0 aromatic rings. The lowest BCUT2D eigenvalue weighted by molar-refractivity contribution is 0.117. The van der Waals surface area contributed by atoms with E-state index in [2.05, 4.69) is 0 Å². The number of sulfone groups is 1. The molecular weight excluding hydrogens is 242 g/mol. The second-order valence-corrected chi connectivity index (χ2v) is 8.16. The fourth-order valence-electron chi connectivity index (χ4n) is 1.25. The van der Waals surface area contributed by atoms with Gasteiger partial charge in [0.15, 0.2) is 0 Å². The summed E-state index contributed by atoms with van der Waals surface area (Å²) >= 11 is 0. The molecule has 90 valence electrons. The topological polar surface area (TPSA) is 91.8 Å². The summed E-state index contributed by atoms with van der Waals surface area (Å²) < 4.78 is 45.8. The van der Waals surface area contributed by atoms with Crippen LogP contribution in [0.5, 0.6) is 0 Å². The minimum absolute atomic E-state index is 0.00184. The average molecular weight is 257 g/mol. The molecule has 0 aliphatic carbocycles. The molecule has 1 rings (SSSR count). The molecule has 1 N–H and O–H groups in total. The second-order valence-electron chi connectivity index (χ2n) is 3.81. The first-order valence-corrected chi connectivity index (χ1v) is 8.18. The van der Waals surface area contributed by atoms with Gasteiger partial charge in [0.2, 0.25) is 10.0 Å². The average Bonchev–Trinajstić information content (AvgIpc) is 1.97. The standard InChI is InChI=1S/C7H15NO5S2/c1-14(10,11)2-3-15(12,13)8-4-7(5-8)6-9/h7,9H,2-6H2,1H3. The van der Waals surface area contributed by atoms with Gasteiger partial charge in [0, 0.05) is 31.9 Å². The maximum atomic E-state index is 11.5. The van der Waals surface area contributed by atoms with Crippen molar-refractivity contribution < 1.29 is 21.9 Å². The van der Waals surface area contributed by atoms with Gasteiger partial charge in [-0.1, -0.05) is 0 Å². The molecule has 0 saturated carbocycles. The summed E-state index contributed by atoms with van der Waals surface area (Å²) in [7, 11) is -6.71. The molecule has 15 heavy (non-hydrogen) atoms. The Morgan fingerprint density at radius 3 is 2.13 bits per heavy atom. The number of rotatable bonds is 5. The fraction of sp³-hybridized carbons (Fsp3) is 1.00. The van der Waals surface area contributed by atoms with Crippen LogP contribution in [0, 0.1) is 5.92 Å². The van der Waals surface area contributed by atoms with Crippen LogP contribution in [0.25, 0.3) is 0 Å². The van der Waals surface area contributed by atoms with Crippen LogP contribution >= 0.6 is 0 Å². The molecule has 1 aliphatic heterocycles. The van der Waals surface area contributed by atoms with E-state index in [1.165, 1.54) is 4.31 Å². The van der Waals surface area contributed by atoms with Crippen LogP contribution in [-0.4, -0.2) is 63.7 Å². The molecule has 1 fully saturated rings. The van der Waals surface area contributed by atoms with Crippen LogP contribution in [0.1, 0.15) is 0 Å². The summed E-state index contributed by atoms with van der Waals surface area (Å²) in [6.45, 7) is 0.559. The van der Waals surface area contributed by atoms with Gasteiger partial charge < -0.3 is 5.11 Å². The van der Waals surface area contributed by atoms with Gasteiger partial charge in [-0.25, -0.2) is 21.1 Å². The summed E-state index contributed by atoms with van der Waals surface area (Å²) in [5, 5.41) is 8.71. The van der Waals surface area contributed by atoms with Gasteiger partial charge in [-0.15, -0.1) is 0 Å². The molecule has 0 bridgehead atoms. The van der Waals surface area contributed by atoms with Crippen molar-refractivity contribution in [3.05, 3.63) is 0 Å². The fourth-order valence-corrected chi connectivity index (χ4v) is 4.44. The number of hydrogen-bond acceptors (Lipinski definition) is 5. The zero-order chi connectivity index (χ0) is 11.7. The molecule has 6 nitrogen and oxygen atoms in total. The van der Waals surface area contributed by atoms with E-state index >= 15 is 0 Å². The predicted molar refractivity (Wildman–Crippen MR) is 55.6 cm³/mol. The smallest absolute Gasteiger partial charge is 0.215 e. The third-order valence-corrected chi connectivity index (χ3v) is 5.30. The highest BCUT2D eigenvalue weighted by molar-refractivity contribution is 7.93. The van der Waals surface area contributed by atoms with E-state index in [0.29, 0.717) is 13.1 Å². The van der Waals surface area contributed by atoms with Gasteiger partial charge in [-0.3, -0.25) is 0 Å². The second kappa shape index (κ2) is 4.36. The van der Waals surface area contributed by atoms with Gasteiger partial charge in [-0.05, 0) is 0 Å². The Hall–Kier alpha value is -0.180. The van der Waals surface area contributed by atoms with Crippen molar-refractivity contribution in [2.24, 2.45) is 5.92 Å². The van der Waals surface area contributed by atoms with Crippen LogP contribution in [0.15, 0.2) is 0 Å². The van der Waals surface area contributed by atoms with E-state index in [0.717, 1.165) is 6.26 Å². The highest BCUT2D eigenvalue weighted by atomic mass is 32.2. The van der Waals surface area contributed by atoms with Crippen LogP contribution in [0.2, 0.25) is 0 Å². The van der Waals surface area contributed by atoms with Crippen molar-refractivity contribution in [2.45, 2.75) is 0 Å². The Labute approximate surface area is 89.9 Å². The normalized spacial score (nSPS) is 20.1. The zero-order valence-electron chi connectivity index (χ0n) is 8.46. The molecule has 0 amide bonds. The Bertz CT molecular complexity index is 407. The predicted octanol–water partition coefficient (Wildman–Crippen LogP) is -1.72. The van der Waals surface area contributed by atoms with Crippen molar-refractivity contribution >= 4 is 19.9 Å². The maximum absolute atomic E-state index is 11.5. The summed E-state index contributed by atoms with van der Waals surface area (Å²) in [6, 6.07) is 0. The summed E-state index contributed by atoms with van der Waals surface area (Å²) in [6.07, 6.45) is 1.01. The molecule has 0 atom stereocenters. The summed E-state index contributed by atoms with van der Waals surface area (Å²) in [4.78, 5) is 0. The van der Waals surface area contributed by atoms with E-state index in [1.807, 2.05) is 0 Å². The number of sulfonamides is 1. The lowest BCUT2D eigenvalue weighted by Crippen LogP contribution is -2.52. The zero-order valence-corrected chi connectivity index (χ0v) is 10.1.